The van der Waals surface area contributed by atoms with Crippen LogP contribution in [-0.4, -0.2) is 27.9 Å². The minimum Gasteiger partial charge on any atom is -0.478 e. The van der Waals surface area contributed by atoms with Crippen LogP contribution in [0.25, 0.3) is 0 Å². The Morgan fingerprint density at radius 1 is 0.917 bits per heavy atom. The van der Waals surface area contributed by atoms with E-state index in [0.29, 0.717) is 0 Å². The number of hydrogen-bond donors (Lipinski definition) is 2. The van der Waals surface area contributed by atoms with Crippen LogP contribution in [0, 0.1) is 0 Å². The molecule has 0 saturated carbocycles. The van der Waals surface area contributed by atoms with Crippen LogP contribution in [0.2, 0.25) is 0 Å². The topological polar surface area (TPSA) is 91.7 Å². The van der Waals surface area contributed by atoms with Crippen LogP contribution in [0.3, 0.4) is 0 Å². The Kier molecular flexibility index (Phi) is 4.07. The van der Waals surface area contributed by atoms with Crippen molar-refractivity contribution in [3.8, 4) is 0 Å². The third-order valence-corrected chi connectivity index (χ3v) is 0.808. The van der Waals surface area contributed by atoms with Crippen LogP contribution < -0.4 is 0 Å². The smallest absolute Gasteiger partial charge is 0.376 e. The minimum absolute atomic E-state index is 0.766. The van der Waals surface area contributed by atoms with Crippen LogP contribution in [0.5, 0.6) is 0 Å². The maximum atomic E-state index is 10.3. The van der Waals surface area contributed by atoms with Gasteiger partial charge in [0, 0.05) is 6.08 Å². The van der Waals surface area contributed by atoms with Crippen LogP contribution in [-0.2, 0) is 14.4 Å². The molecule has 5 heteroatoms. The number of carbonyl (C=O) groups is 3. The second-order valence-corrected chi connectivity index (χ2v) is 1.73. The zero-order chi connectivity index (χ0) is 9.56. The summed E-state index contributed by atoms with van der Waals surface area (Å²) in [6.07, 6.45) is 3.65. The Labute approximate surface area is 67.6 Å². The van der Waals surface area contributed by atoms with Gasteiger partial charge in [-0.05, 0) is 6.08 Å². The Morgan fingerprint density at radius 3 is 1.83 bits per heavy atom. The van der Waals surface area contributed by atoms with Crippen molar-refractivity contribution in [2.45, 2.75) is 0 Å². The van der Waals surface area contributed by atoms with E-state index in [2.05, 4.69) is 0 Å². The second-order valence-electron chi connectivity index (χ2n) is 1.73. The van der Waals surface area contributed by atoms with Crippen LogP contribution >= 0.6 is 0 Å². The Morgan fingerprint density at radius 2 is 1.42 bits per heavy atom. The monoisotopic (exact) mass is 170 g/mol. The van der Waals surface area contributed by atoms with Crippen molar-refractivity contribution in [1.29, 1.82) is 0 Å². The van der Waals surface area contributed by atoms with Gasteiger partial charge in [-0.2, -0.15) is 0 Å². The van der Waals surface area contributed by atoms with E-state index in [1.165, 1.54) is 0 Å². The van der Waals surface area contributed by atoms with Crippen molar-refractivity contribution < 1.29 is 24.6 Å². The molecule has 0 heterocycles. The number of carboxylic acid groups (broad SMARTS) is 2. The number of allylic oxidation sites excluding steroid dienone is 2. The quantitative estimate of drug-likeness (QED) is 0.347. The van der Waals surface area contributed by atoms with Crippen LogP contribution in [0.15, 0.2) is 24.3 Å². The first-order valence-corrected chi connectivity index (χ1v) is 2.89. The molecule has 0 aliphatic carbocycles. The number of hydrogen-bond acceptors (Lipinski definition) is 3. The molecule has 64 valence electrons. The minimum atomic E-state index is -1.57. The predicted octanol–water partition coefficient (Wildman–Crippen LogP) is -0.163. The van der Waals surface area contributed by atoms with Gasteiger partial charge in [0.25, 0.3) is 5.78 Å². The Balaban J connectivity index is 4.01. The normalized spacial score (nSPS) is 10.7. The molecule has 0 radical (unpaired) electrons. The molecule has 0 fully saturated rings. The van der Waals surface area contributed by atoms with Crippen molar-refractivity contribution in [3.63, 3.8) is 0 Å². The molecule has 0 rings (SSSR count). The van der Waals surface area contributed by atoms with Gasteiger partial charge in [-0.15, -0.1) is 0 Å². The fourth-order valence-electron chi connectivity index (χ4n) is 0.352. The van der Waals surface area contributed by atoms with E-state index >= 15 is 0 Å². The molecule has 0 bridgehead atoms. The van der Waals surface area contributed by atoms with Gasteiger partial charge < -0.3 is 10.2 Å². The molecule has 0 aliphatic heterocycles. The third-order valence-electron chi connectivity index (χ3n) is 0.808. The zero-order valence-corrected chi connectivity index (χ0v) is 5.93. The lowest BCUT2D eigenvalue weighted by atomic mass is 10.3. The van der Waals surface area contributed by atoms with Gasteiger partial charge in [-0.25, -0.2) is 9.59 Å². The first-order chi connectivity index (χ1) is 5.54. The third kappa shape index (κ3) is 4.92. The maximum absolute atomic E-state index is 10.3. The molecule has 12 heavy (non-hydrogen) atoms. The highest BCUT2D eigenvalue weighted by Gasteiger charge is 2.04. The lowest BCUT2D eigenvalue weighted by Crippen LogP contribution is -2.08. The predicted molar refractivity (Wildman–Crippen MR) is 38.6 cm³/mol. The van der Waals surface area contributed by atoms with Gasteiger partial charge in [0.1, 0.15) is 0 Å². The number of carboxylic acids is 2. The maximum Gasteiger partial charge on any atom is 0.376 e. The van der Waals surface area contributed by atoms with Gasteiger partial charge in [0.15, 0.2) is 0 Å². The lowest BCUT2D eigenvalue weighted by Gasteiger charge is -1.80. The zero-order valence-electron chi connectivity index (χ0n) is 5.93. The van der Waals surface area contributed by atoms with E-state index in [0.717, 1.165) is 24.3 Å². The van der Waals surface area contributed by atoms with Crippen molar-refractivity contribution in [2.75, 3.05) is 0 Å². The number of rotatable bonds is 4. The van der Waals surface area contributed by atoms with Gasteiger partial charge in [0.05, 0.1) is 0 Å². The summed E-state index contributed by atoms with van der Waals surface area (Å²) in [5.41, 5.74) is 0. The first-order valence-electron chi connectivity index (χ1n) is 2.89. The van der Waals surface area contributed by atoms with E-state index in [-0.39, 0.29) is 0 Å². The molecule has 0 saturated heterocycles. The molecule has 0 aliphatic rings. The molecule has 0 spiro atoms. The highest BCUT2D eigenvalue weighted by Crippen LogP contribution is 1.80. The van der Waals surface area contributed by atoms with Crippen LogP contribution in [0.4, 0.5) is 0 Å². The molecular formula is C7H6O5. The molecule has 0 atom stereocenters. The van der Waals surface area contributed by atoms with Crippen molar-refractivity contribution in [3.05, 3.63) is 24.3 Å². The average Bonchev–Trinajstić information content (AvgIpc) is 1.97. The van der Waals surface area contributed by atoms with E-state index in [4.69, 9.17) is 10.2 Å². The van der Waals surface area contributed by atoms with Gasteiger partial charge >= 0.3 is 11.9 Å². The molecule has 2 N–H and O–H groups in total. The highest BCUT2D eigenvalue weighted by atomic mass is 16.4. The van der Waals surface area contributed by atoms with E-state index < -0.39 is 17.7 Å². The summed E-state index contributed by atoms with van der Waals surface area (Å²) >= 11 is 0. The molecule has 5 nitrogen and oxygen atoms in total. The number of aliphatic carboxylic acids is 2. The molecular weight excluding hydrogens is 164 g/mol. The summed E-state index contributed by atoms with van der Waals surface area (Å²) in [6, 6.07) is 0. The molecule has 0 amide bonds. The van der Waals surface area contributed by atoms with Crippen molar-refractivity contribution in [2.24, 2.45) is 0 Å². The van der Waals surface area contributed by atoms with E-state index in [9.17, 15) is 14.4 Å². The summed E-state index contributed by atoms with van der Waals surface area (Å²) in [5.74, 6) is -3.83. The summed E-state index contributed by atoms with van der Waals surface area (Å²) in [6.45, 7) is 0. The van der Waals surface area contributed by atoms with Crippen molar-refractivity contribution in [1.82, 2.24) is 0 Å². The molecule has 0 aromatic heterocycles. The van der Waals surface area contributed by atoms with Gasteiger partial charge in [-0.3, -0.25) is 4.79 Å². The lowest BCUT2D eigenvalue weighted by molar-refractivity contribution is -0.146. The van der Waals surface area contributed by atoms with Crippen LogP contribution in [0.1, 0.15) is 0 Å². The fraction of sp³-hybridized carbons (Fsp3) is 0. The first kappa shape index (κ1) is 10.1. The summed E-state index contributed by atoms with van der Waals surface area (Å²) in [4.78, 5) is 30.1. The molecule has 0 unspecified atom stereocenters. The summed E-state index contributed by atoms with van der Waals surface area (Å²) < 4.78 is 0. The largest absolute Gasteiger partial charge is 0.478 e. The highest BCUT2D eigenvalue weighted by molar-refractivity contribution is 6.37. The van der Waals surface area contributed by atoms with E-state index in [1.54, 1.807) is 0 Å². The SMILES string of the molecule is O=C(O)/C=C/C=C/C(=O)C(=O)O. The fourth-order valence-corrected chi connectivity index (χ4v) is 0.352. The van der Waals surface area contributed by atoms with Gasteiger partial charge in [0.2, 0.25) is 0 Å². The summed E-state index contributed by atoms with van der Waals surface area (Å²) in [5, 5.41) is 16.1. The number of ketones is 1. The summed E-state index contributed by atoms with van der Waals surface area (Å²) in [7, 11) is 0. The average molecular weight is 170 g/mol. The van der Waals surface area contributed by atoms with E-state index in [1.807, 2.05) is 0 Å². The molecule has 0 aromatic carbocycles. The standard InChI is InChI=1S/C7H6O5/c8-5(7(11)12)3-1-2-4-6(9)10/h1-4H,(H,9,10)(H,11,12)/b3-1+,4-2+. The van der Waals surface area contributed by atoms with Gasteiger partial charge in [-0.1, -0.05) is 12.2 Å². The Bertz CT molecular complexity index is 261. The van der Waals surface area contributed by atoms with Crippen molar-refractivity contribution >= 4 is 17.7 Å². The molecule has 0 aromatic rings. The second kappa shape index (κ2) is 4.84. The number of carbonyl (C=O) groups excluding carboxylic acids is 1. The Hall–Kier alpha value is -1.91.